The van der Waals surface area contributed by atoms with Crippen LogP contribution in [-0.4, -0.2) is 9.97 Å². The van der Waals surface area contributed by atoms with Crippen LogP contribution in [0.25, 0.3) is 11.0 Å². The van der Waals surface area contributed by atoms with E-state index in [0.29, 0.717) is 5.88 Å². The summed E-state index contributed by atoms with van der Waals surface area (Å²) in [6, 6.07) is 4.09. The van der Waals surface area contributed by atoms with Gasteiger partial charge in [0.25, 0.3) is 0 Å². The summed E-state index contributed by atoms with van der Waals surface area (Å²) in [7, 11) is 0. The van der Waals surface area contributed by atoms with Crippen LogP contribution in [0.15, 0.2) is 16.6 Å². The molecule has 0 aliphatic heterocycles. The molecule has 0 aliphatic rings. The number of hydrogen-bond donors (Lipinski definition) is 1. The molecule has 0 aliphatic carbocycles. The molecule has 1 heterocycles. The Morgan fingerprint density at radius 2 is 2.27 bits per heavy atom. The van der Waals surface area contributed by atoms with Crippen molar-refractivity contribution >= 4 is 38.6 Å². The standard InChI is InChI=1S/C11H12BrClN2/c1-2-3-7-8(12)4-5-9-11(7)15-10(6-13)14-9/h4-5H,2-3,6H2,1H3,(H,14,15). The zero-order valence-electron chi connectivity index (χ0n) is 8.48. The lowest BCUT2D eigenvalue weighted by Gasteiger charge is -2.02. The molecule has 0 fully saturated rings. The number of rotatable bonds is 3. The maximum atomic E-state index is 5.76. The van der Waals surface area contributed by atoms with Crippen LogP contribution in [0.1, 0.15) is 24.7 Å². The van der Waals surface area contributed by atoms with Crippen molar-refractivity contribution in [1.82, 2.24) is 9.97 Å². The van der Waals surface area contributed by atoms with E-state index in [-0.39, 0.29) is 0 Å². The van der Waals surface area contributed by atoms with Gasteiger partial charge in [-0.3, -0.25) is 0 Å². The van der Waals surface area contributed by atoms with Gasteiger partial charge in [0, 0.05) is 4.47 Å². The summed E-state index contributed by atoms with van der Waals surface area (Å²) in [4.78, 5) is 7.70. The van der Waals surface area contributed by atoms with Gasteiger partial charge in [0.2, 0.25) is 0 Å². The minimum absolute atomic E-state index is 0.428. The average Bonchev–Trinajstić information content (AvgIpc) is 2.66. The highest BCUT2D eigenvalue weighted by Gasteiger charge is 2.09. The van der Waals surface area contributed by atoms with E-state index in [4.69, 9.17) is 11.6 Å². The number of fused-ring (bicyclic) bond motifs is 1. The molecular formula is C11H12BrClN2. The van der Waals surface area contributed by atoms with Gasteiger partial charge in [0.15, 0.2) is 0 Å². The number of aryl methyl sites for hydroxylation is 1. The third-order valence-corrected chi connectivity index (χ3v) is 3.37. The zero-order chi connectivity index (χ0) is 10.8. The fourth-order valence-corrected chi connectivity index (χ4v) is 2.35. The Morgan fingerprint density at radius 3 is 2.93 bits per heavy atom. The van der Waals surface area contributed by atoms with Crippen molar-refractivity contribution in [1.29, 1.82) is 0 Å². The fraction of sp³-hybridized carbons (Fsp3) is 0.364. The van der Waals surface area contributed by atoms with Crippen molar-refractivity contribution in [3.05, 3.63) is 28.0 Å². The van der Waals surface area contributed by atoms with E-state index in [1.807, 2.05) is 6.07 Å². The van der Waals surface area contributed by atoms with Crippen molar-refractivity contribution < 1.29 is 0 Å². The molecule has 0 radical (unpaired) electrons. The molecule has 80 valence electrons. The summed E-state index contributed by atoms with van der Waals surface area (Å²) >= 11 is 9.32. The van der Waals surface area contributed by atoms with Crippen molar-refractivity contribution in [2.24, 2.45) is 0 Å². The summed E-state index contributed by atoms with van der Waals surface area (Å²) in [5.74, 6) is 1.26. The quantitative estimate of drug-likeness (QED) is 0.849. The first-order chi connectivity index (χ1) is 7.26. The molecule has 4 heteroatoms. The number of halogens is 2. The van der Waals surface area contributed by atoms with Crippen molar-refractivity contribution in [3.63, 3.8) is 0 Å². The first-order valence-electron chi connectivity index (χ1n) is 4.98. The summed E-state index contributed by atoms with van der Waals surface area (Å²) in [6.07, 6.45) is 2.14. The largest absolute Gasteiger partial charge is 0.341 e. The molecule has 0 saturated carbocycles. The molecular weight excluding hydrogens is 275 g/mol. The van der Waals surface area contributed by atoms with Gasteiger partial charge in [0.1, 0.15) is 5.82 Å². The molecule has 1 aromatic carbocycles. The molecule has 0 unspecified atom stereocenters. The second-order valence-electron chi connectivity index (χ2n) is 3.49. The number of alkyl halides is 1. The molecule has 2 rings (SSSR count). The monoisotopic (exact) mass is 286 g/mol. The Bertz CT molecular complexity index is 479. The lowest BCUT2D eigenvalue weighted by atomic mass is 10.1. The third-order valence-electron chi connectivity index (χ3n) is 2.38. The lowest BCUT2D eigenvalue weighted by molar-refractivity contribution is 0.922. The van der Waals surface area contributed by atoms with Crippen molar-refractivity contribution in [2.75, 3.05) is 0 Å². The number of imidazole rings is 1. The Kier molecular flexibility index (Phi) is 3.32. The van der Waals surface area contributed by atoms with Crippen LogP contribution in [0, 0.1) is 0 Å². The Hall–Kier alpha value is -0.540. The van der Waals surface area contributed by atoms with Gasteiger partial charge >= 0.3 is 0 Å². The number of aromatic amines is 1. The van der Waals surface area contributed by atoms with Crippen LogP contribution >= 0.6 is 27.5 Å². The van der Waals surface area contributed by atoms with E-state index >= 15 is 0 Å². The van der Waals surface area contributed by atoms with Gasteiger partial charge in [0.05, 0.1) is 16.9 Å². The normalized spacial score (nSPS) is 11.1. The number of H-pyrrole nitrogens is 1. The maximum absolute atomic E-state index is 5.76. The highest BCUT2D eigenvalue weighted by atomic mass is 79.9. The van der Waals surface area contributed by atoms with Crippen molar-refractivity contribution in [2.45, 2.75) is 25.6 Å². The molecule has 0 spiro atoms. The first-order valence-corrected chi connectivity index (χ1v) is 6.31. The average molecular weight is 288 g/mol. The number of nitrogens with zero attached hydrogens (tertiary/aromatic N) is 1. The van der Waals surface area contributed by atoms with E-state index in [1.54, 1.807) is 0 Å². The third kappa shape index (κ3) is 2.04. The highest BCUT2D eigenvalue weighted by molar-refractivity contribution is 9.10. The Labute approximate surface area is 102 Å². The predicted octanol–water partition coefficient (Wildman–Crippen LogP) is 4.02. The van der Waals surface area contributed by atoms with Gasteiger partial charge in [-0.25, -0.2) is 4.98 Å². The Morgan fingerprint density at radius 1 is 1.47 bits per heavy atom. The highest BCUT2D eigenvalue weighted by Crippen LogP contribution is 2.26. The molecule has 0 bridgehead atoms. The zero-order valence-corrected chi connectivity index (χ0v) is 10.8. The van der Waals surface area contributed by atoms with E-state index in [0.717, 1.165) is 34.2 Å². The number of nitrogens with one attached hydrogen (secondary N) is 1. The molecule has 1 aromatic heterocycles. The van der Waals surface area contributed by atoms with Crippen LogP contribution < -0.4 is 0 Å². The van der Waals surface area contributed by atoms with Crippen LogP contribution in [0.4, 0.5) is 0 Å². The van der Waals surface area contributed by atoms with E-state index in [9.17, 15) is 0 Å². The molecule has 0 atom stereocenters. The Balaban J connectivity index is 2.63. The van der Waals surface area contributed by atoms with Gasteiger partial charge in [-0.1, -0.05) is 29.3 Å². The van der Waals surface area contributed by atoms with Crippen LogP contribution in [0.3, 0.4) is 0 Å². The van der Waals surface area contributed by atoms with Gasteiger partial charge in [-0.05, 0) is 24.1 Å². The minimum Gasteiger partial charge on any atom is -0.341 e. The smallest absolute Gasteiger partial charge is 0.122 e. The molecule has 0 amide bonds. The van der Waals surface area contributed by atoms with Gasteiger partial charge < -0.3 is 4.98 Å². The molecule has 2 nitrogen and oxygen atoms in total. The number of hydrogen-bond acceptors (Lipinski definition) is 1. The summed E-state index contributed by atoms with van der Waals surface area (Å²) in [6.45, 7) is 2.17. The van der Waals surface area contributed by atoms with Crippen LogP contribution in [0.2, 0.25) is 0 Å². The van der Waals surface area contributed by atoms with Gasteiger partial charge in [-0.2, -0.15) is 0 Å². The summed E-state index contributed by atoms with van der Waals surface area (Å²) < 4.78 is 1.13. The fourth-order valence-electron chi connectivity index (χ4n) is 1.71. The lowest BCUT2D eigenvalue weighted by Crippen LogP contribution is -1.87. The summed E-state index contributed by atoms with van der Waals surface area (Å²) in [5, 5.41) is 0. The molecule has 2 aromatic rings. The SMILES string of the molecule is CCCc1c(Br)ccc2[nH]c(CCl)nc12. The maximum Gasteiger partial charge on any atom is 0.122 e. The number of benzene rings is 1. The van der Waals surface area contributed by atoms with E-state index in [2.05, 4.69) is 38.9 Å². The summed E-state index contributed by atoms with van der Waals surface area (Å²) in [5.41, 5.74) is 3.38. The number of aromatic nitrogens is 2. The van der Waals surface area contributed by atoms with Gasteiger partial charge in [-0.15, -0.1) is 11.6 Å². The van der Waals surface area contributed by atoms with E-state index < -0.39 is 0 Å². The minimum atomic E-state index is 0.428. The molecule has 15 heavy (non-hydrogen) atoms. The predicted molar refractivity (Wildman–Crippen MR) is 67.3 cm³/mol. The van der Waals surface area contributed by atoms with Crippen LogP contribution in [-0.2, 0) is 12.3 Å². The first kappa shape index (κ1) is 11.0. The molecule has 1 N–H and O–H groups in total. The second kappa shape index (κ2) is 4.54. The second-order valence-corrected chi connectivity index (χ2v) is 4.61. The van der Waals surface area contributed by atoms with Crippen LogP contribution in [0.5, 0.6) is 0 Å². The topological polar surface area (TPSA) is 28.7 Å². The molecule has 0 saturated heterocycles. The van der Waals surface area contributed by atoms with E-state index in [1.165, 1.54) is 5.56 Å². The van der Waals surface area contributed by atoms with Crippen molar-refractivity contribution in [3.8, 4) is 0 Å².